The van der Waals surface area contributed by atoms with Gasteiger partial charge in [0.2, 0.25) is 0 Å². The van der Waals surface area contributed by atoms with E-state index in [-0.39, 0.29) is 5.91 Å². The second-order valence-electron chi connectivity index (χ2n) is 6.91. The van der Waals surface area contributed by atoms with Gasteiger partial charge >= 0.3 is 0 Å². The second kappa shape index (κ2) is 10.1. The Morgan fingerprint density at radius 2 is 1.83 bits per heavy atom. The molecular weight excluding hydrogens is 370 g/mol. The number of nitrogens with zero attached hydrogens (tertiary/aromatic N) is 4. The van der Waals surface area contributed by atoms with Gasteiger partial charge in [-0.05, 0) is 25.5 Å². The molecule has 1 fully saturated rings. The van der Waals surface area contributed by atoms with E-state index < -0.39 is 0 Å². The van der Waals surface area contributed by atoms with Gasteiger partial charge in [0.1, 0.15) is 23.1 Å². The van der Waals surface area contributed by atoms with Gasteiger partial charge in [-0.2, -0.15) is 0 Å². The van der Waals surface area contributed by atoms with Crippen molar-refractivity contribution in [1.82, 2.24) is 15.3 Å². The molecule has 1 aliphatic rings. The largest absolute Gasteiger partial charge is 0.495 e. The molecule has 1 N–H and O–H groups in total. The molecule has 2 heterocycles. The van der Waals surface area contributed by atoms with E-state index >= 15 is 0 Å². The fourth-order valence-electron chi connectivity index (χ4n) is 3.41. The van der Waals surface area contributed by atoms with E-state index in [4.69, 9.17) is 9.47 Å². The summed E-state index contributed by atoms with van der Waals surface area (Å²) in [6, 6.07) is 9.83. The van der Waals surface area contributed by atoms with Crippen molar-refractivity contribution in [2.75, 3.05) is 63.4 Å². The molecule has 0 spiro atoms. The zero-order valence-corrected chi connectivity index (χ0v) is 17.4. The summed E-state index contributed by atoms with van der Waals surface area (Å²) in [5.74, 6) is 2.09. The quantitative estimate of drug-likeness (QED) is 0.679. The lowest BCUT2D eigenvalue weighted by Crippen LogP contribution is -2.47. The zero-order valence-electron chi connectivity index (χ0n) is 17.4. The van der Waals surface area contributed by atoms with E-state index in [0.29, 0.717) is 24.7 Å². The van der Waals surface area contributed by atoms with Gasteiger partial charge in [-0.1, -0.05) is 12.1 Å². The van der Waals surface area contributed by atoms with Crippen LogP contribution in [-0.4, -0.2) is 69.4 Å². The minimum atomic E-state index is -0.180. The van der Waals surface area contributed by atoms with E-state index in [9.17, 15) is 4.79 Å². The van der Waals surface area contributed by atoms with E-state index in [0.717, 1.165) is 49.9 Å². The number of aryl methyl sites for hydroxylation is 1. The summed E-state index contributed by atoms with van der Waals surface area (Å²) in [6.45, 7) is 6.31. The van der Waals surface area contributed by atoms with E-state index in [1.807, 2.05) is 25.1 Å². The summed E-state index contributed by atoms with van der Waals surface area (Å²) in [5.41, 5.74) is 1.50. The number of aromatic nitrogens is 2. The molecule has 0 bridgehead atoms. The lowest BCUT2D eigenvalue weighted by Gasteiger charge is -2.37. The van der Waals surface area contributed by atoms with Crippen molar-refractivity contribution in [2.45, 2.75) is 13.3 Å². The molecule has 2 aromatic rings. The van der Waals surface area contributed by atoms with Gasteiger partial charge in [0.25, 0.3) is 5.91 Å². The smallest absolute Gasteiger partial charge is 0.270 e. The average Bonchev–Trinajstić information content (AvgIpc) is 2.76. The van der Waals surface area contributed by atoms with Crippen molar-refractivity contribution >= 4 is 17.4 Å². The number of para-hydroxylation sites is 2. The molecule has 3 rings (SSSR count). The monoisotopic (exact) mass is 399 g/mol. The standard InChI is InChI=1S/C21H29N5O3/c1-16-23-17(21(27)22-9-6-14-28-2)15-20(24-16)26-12-10-25(11-13-26)18-7-4-5-8-19(18)29-3/h4-5,7-8,15H,6,9-14H2,1-3H3,(H,22,27). The van der Waals surface area contributed by atoms with E-state index in [1.165, 1.54) is 0 Å². The van der Waals surface area contributed by atoms with Gasteiger partial charge < -0.3 is 24.6 Å². The predicted molar refractivity (Wildman–Crippen MR) is 113 cm³/mol. The zero-order chi connectivity index (χ0) is 20.6. The number of hydrogen-bond donors (Lipinski definition) is 1. The van der Waals surface area contributed by atoms with Crippen LogP contribution in [0.4, 0.5) is 11.5 Å². The van der Waals surface area contributed by atoms with Gasteiger partial charge in [0.15, 0.2) is 0 Å². The summed E-state index contributed by atoms with van der Waals surface area (Å²) in [6.07, 6.45) is 0.768. The Morgan fingerprint density at radius 3 is 2.55 bits per heavy atom. The van der Waals surface area contributed by atoms with Crippen LogP contribution in [0.3, 0.4) is 0 Å². The van der Waals surface area contributed by atoms with Gasteiger partial charge in [-0.15, -0.1) is 0 Å². The van der Waals surface area contributed by atoms with Gasteiger partial charge in [0, 0.05) is 52.5 Å². The SMILES string of the molecule is COCCCNC(=O)c1cc(N2CCN(c3ccccc3OC)CC2)nc(C)n1. The summed E-state index contributed by atoms with van der Waals surface area (Å²) < 4.78 is 10.5. The predicted octanol–water partition coefficient (Wildman–Crippen LogP) is 1.89. The van der Waals surface area contributed by atoms with Crippen molar-refractivity contribution in [3.8, 4) is 5.75 Å². The fraction of sp³-hybridized carbons (Fsp3) is 0.476. The number of piperazine rings is 1. The first-order valence-electron chi connectivity index (χ1n) is 9.88. The van der Waals surface area contributed by atoms with Crippen LogP contribution >= 0.6 is 0 Å². The third-order valence-corrected chi connectivity index (χ3v) is 4.90. The van der Waals surface area contributed by atoms with Crippen LogP contribution in [0.1, 0.15) is 22.7 Å². The number of rotatable bonds is 8. The number of anilines is 2. The molecule has 1 aromatic heterocycles. The molecule has 0 radical (unpaired) electrons. The Bertz CT molecular complexity index is 822. The van der Waals surface area contributed by atoms with Crippen LogP contribution in [0.5, 0.6) is 5.75 Å². The maximum Gasteiger partial charge on any atom is 0.270 e. The summed E-state index contributed by atoms with van der Waals surface area (Å²) in [5, 5.41) is 2.88. The number of ether oxygens (including phenoxy) is 2. The van der Waals surface area contributed by atoms with Gasteiger partial charge in [-0.3, -0.25) is 4.79 Å². The van der Waals surface area contributed by atoms with Crippen molar-refractivity contribution in [2.24, 2.45) is 0 Å². The molecule has 1 amide bonds. The molecule has 0 saturated carbocycles. The first kappa shape index (κ1) is 20.9. The maximum absolute atomic E-state index is 12.4. The van der Waals surface area contributed by atoms with Gasteiger partial charge in [-0.25, -0.2) is 9.97 Å². The molecule has 1 aromatic carbocycles. The molecule has 1 aliphatic heterocycles. The number of methoxy groups -OCH3 is 2. The molecule has 29 heavy (non-hydrogen) atoms. The third kappa shape index (κ3) is 5.35. The lowest BCUT2D eigenvalue weighted by molar-refractivity contribution is 0.0943. The Hall–Kier alpha value is -2.87. The van der Waals surface area contributed by atoms with Crippen molar-refractivity contribution in [1.29, 1.82) is 0 Å². The Kier molecular flexibility index (Phi) is 7.24. The van der Waals surface area contributed by atoms with Crippen LogP contribution in [0.15, 0.2) is 30.3 Å². The van der Waals surface area contributed by atoms with Crippen molar-refractivity contribution in [3.05, 3.63) is 41.9 Å². The van der Waals surface area contributed by atoms with Gasteiger partial charge in [0.05, 0.1) is 12.8 Å². The molecule has 1 saturated heterocycles. The number of carbonyl (C=O) groups excluding carboxylic acids is 1. The van der Waals surface area contributed by atoms with Crippen LogP contribution < -0.4 is 19.9 Å². The highest BCUT2D eigenvalue weighted by Gasteiger charge is 2.22. The third-order valence-electron chi connectivity index (χ3n) is 4.90. The van der Waals surface area contributed by atoms with Crippen LogP contribution in [0.25, 0.3) is 0 Å². The number of carbonyl (C=O) groups is 1. The van der Waals surface area contributed by atoms with Crippen LogP contribution in [0.2, 0.25) is 0 Å². The lowest BCUT2D eigenvalue weighted by atomic mass is 10.2. The molecule has 0 unspecified atom stereocenters. The number of hydrogen-bond acceptors (Lipinski definition) is 7. The highest BCUT2D eigenvalue weighted by molar-refractivity contribution is 5.92. The van der Waals surface area contributed by atoms with E-state index in [1.54, 1.807) is 20.3 Å². The average molecular weight is 399 g/mol. The topological polar surface area (TPSA) is 79.8 Å². The first-order chi connectivity index (χ1) is 14.1. The molecule has 8 nitrogen and oxygen atoms in total. The highest BCUT2D eigenvalue weighted by Crippen LogP contribution is 2.29. The van der Waals surface area contributed by atoms with Crippen LogP contribution in [0, 0.1) is 6.92 Å². The number of amides is 1. The van der Waals surface area contributed by atoms with E-state index in [2.05, 4.69) is 31.2 Å². The first-order valence-corrected chi connectivity index (χ1v) is 9.88. The molecule has 0 aliphatic carbocycles. The molecule has 8 heteroatoms. The summed E-state index contributed by atoms with van der Waals surface area (Å²) >= 11 is 0. The van der Waals surface area contributed by atoms with Crippen molar-refractivity contribution < 1.29 is 14.3 Å². The van der Waals surface area contributed by atoms with Crippen LogP contribution in [-0.2, 0) is 4.74 Å². The molecule has 156 valence electrons. The Balaban J connectivity index is 1.64. The number of benzene rings is 1. The fourth-order valence-corrected chi connectivity index (χ4v) is 3.41. The Morgan fingerprint density at radius 1 is 1.10 bits per heavy atom. The highest BCUT2D eigenvalue weighted by atomic mass is 16.5. The molecular formula is C21H29N5O3. The second-order valence-corrected chi connectivity index (χ2v) is 6.91. The number of nitrogens with one attached hydrogen (secondary N) is 1. The summed E-state index contributed by atoms with van der Waals surface area (Å²) in [7, 11) is 3.34. The summed E-state index contributed by atoms with van der Waals surface area (Å²) in [4.78, 5) is 25.8. The minimum absolute atomic E-state index is 0.180. The molecule has 0 atom stereocenters. The Labute approximate surface area is 171 Å². The maximum atomic E-state index is 12.4. The normalized spacial score (nSPS) is 14.0. The minimum Gasteiger partial charge on any atom is -0.495 e. The van der Waals surface area contributed by atoms with Crippen molar-refractivity contribution in [3.63, 3.8) is 0 Å².